The predicted molar refractivity (Wildman–Crippen MR) is 78.3 cm³/mol. The number of carbonyl (C=O) groups is 2. The van der Waals surface area contributed by atoms with Crippen molar-refractivity contribution in [1.29, 1.82) is 0 Å². The Balaban J connectivity index is 1.98. The van der Waals surface area contributed by atoms with Crippen LogP contribution in [0.2, 0.25) is 0 Å². The normalized spacial score (nSPS) is 16.5. The lowest BCUT2D eigenvalue weighted by atomic mass is 10.0. The van der Waals surface area contributed by atoms with Crippen molar-refractivity contribution >= 4 is 11.6 Å². The standard InChI is InChI=1S/C16H29NO2/c1-2-3-9-15(18)14-16(19)10-5-8-13-17-11-6-4-7-12-17/h2-14H2,1H3. The molecule has 1 fully saturated rings. The monoisotopic (exact) mass is 267 g/mol. The van der Waals surface area contributed by atoms with E-state index in [1.54, 1.807) is 0 Å². The molecule has 1 aliphatic rings. The van der Waals surface area contributed by atoms with E-state index in [4.69, 9.17) is 0 Å². The molecule has 19 heavy (non-hydrogen) atoms. The molecule has 0 aliphatic carbocycles. The molecule has 0 unspecified atom stereocenters. The number of carbonyl (C=O) groups excluding carboxylic acids is 2. The minimum Gasteiger partial charge on any atom is -0.303 e. The van der Waals surface area contributed by atoms with Crippen LogP contribution in [0.5, 0.6) is 0 Å². The van der Waals surface area contributed by atoms with Gasteiger partial charge in [0.2, 0.25) is 0 Å². The van der Waals surface area contributed by atoms with Gasteiger partial charge in [0, 0.05) is 12.8 Å². The average Bonchev–Trinajstić information content (AvgIpc) is 2.42. The minimum absolute atomic E-state index is 0.128. The number of Topliss-reactive ketones (excluding diaryl/α,β-unsaturated/α-hetero) is 2. The first-order valence-corrected chi connectivity index (χ1v) is 7.98. The predicted octanol–water partition coefficient (Wildman–Crippen LogP) is 3.36. The number of likely N-dealkylation sites (tertiary alicyclic amines) is 1. The first kappa shape index (κ1) is 16.4. The summed E-state index contributed by atoms with van der Waals surface area (Å²) in [6.07, 6.45) is 9.33. The summed E-state index contributed by atoms with van der Waals surface area (Å²) in [7, 11) is 0. The summed E-state index contributed by atoms with van der Waals surface area (Å²) >= 11 is 0. The van der Waals surface area contributed by atoms with Crippen molar-refractivity contribution in [3.63, 3.8) is 0 Å². The van der Waals surface area contributed by atoms with E-state index in [2.05, 4.69) is 11.8 Å². The van der Waals surface area contributed by atoms with Gasteiger partial charge in [-0.3, -0.25) is 9.59 Å². The number of unbranched alkanes of at least 4 members (excludes halogenated alkanes) is 2. The molecule has 1 heterocycles. The number of ketones is 2. The fraction of sp³-hybridized carbons (Fsp3) is 0.875. The van der Waals surface area contributed by atoms with Crippen LogP contribution in [-0.4, -0.2) is 36.1 Å². The third-order valence-electron chi connectivity index (χ3n) is 3.83. The smallest absolute Gasteiger partial charge is 0.140 e. The van der Waals surface area contributed by atoms with E-state index in [9.17, 15) is 9.59 Å². The SMILES string of the molecule is CCCCC(=O)CC(=O)CCCCN1CCCCC1. The molecule has 0 amide bonds. The van der Waals surface area contributed by atoms with Crippen molar-refractivity contribution in [2.45, 2.75) is 71.1 Å². The van der Waals surface area contributed by atoms with Gasteiger partial charge in [0.1, 0.15) is 11.6 Å². The molecule has 0 aromatic carbocycles. The molecule has 1 aliphatic heterocycles. The quantitative estimate of drug-likeness (QED) is 0.450. The van der Waals surface area contributed by atoms with E-state index in [-0.39, 0.29) is 18.0 Å². The first-order chi connectivity index (χ1) is 9.22. The molecule has 0 aromatic rings. The van der Waals surface area contributed by atoms with Gasteiger partial charge in [0.05, 0.1) is 6.42 Å². The topological polar surface area (TPSA) is 37.4 Å². The van der Waals surface area contributed by atoms with E-state index in [0.29, 0.717) is 12.8 Å². The summed E-state index contributed by atoms with van der Waals surface area (Å²) in [4.78, 5) is 25.6. The Morgan fingerprint density at radius 1 is 0.895 bits per heavy atom. The summed E-state index contributed by atoms with van der Waals surface area (Å²) in [5, 5.41) is 0. The Labute approximate surface area is 117 Å². The second-order valence-corrected chi connectivity index (χ2v) is 5.72. The number of nitrogens with zero attached hydrogens (tertiary/aromatic N) is 1. The first-order valence-electron chi connectivity index (χ1n) is 7.98. The Bertz CT molecular complexity index is 270. The summed E-state index contributed by atoms with van der Waals surface area (Å²) in [6, 6.07) is 0. The zero-order valence-electron chi connectivity index (χ0n) is 12.5. The van der Waals surface area contributed by atoms with Crippen molar-refractivity contribution in [3.05, 3.63) is 0 Å². The lowest BCUT2D eigenvalue weighted by Gasteiger charge is -2.26. The molecule has 0 N–H and O–H groups in total. The van der Waals surface area contributed by atoms with Crippen LogP contribution in [0.3, 0.4) is 0 Å². The van der Waals surface area contributed by atoms with Gasteiger partial charge in [-0.25, -0.2) is 0 Å². The molecule has 3 nitrogen and oxygen atoms in total. The molecule has 0 saturated carbocycles. The van der Waals surface area contributed by atoms with Gasteiger partial charge in [-0.15, -0.1) is 0 Å². The fourth-order valence-electron chi connectivity index (χ4n) is 2.61. The highest BCUT2D eigenvalue weighted by Crippen LogP contribution is 2.10. The van der Waals surface area contributed by atoms with Crippen LogP contribution >= 0.6 is 0 Å². The van der Waals surface area contributed by atoms with Crippen LogP contribution in [-0.2, 0) is 9.59 Å². The number of rotatable bonds is 10. The van der Waals surface area contributed by atoms with E-state index < -0.39 is 0 Å². The molecule has 0 aromatic heterocycles. The van der Waals surface area contributed by atoms with Crippen LogP contribution in [0.15, 0.2) is 0 Å². The van der Waals surface area contributed by atoms with Gasteiger partial charge in [-0.2, -0.15) is 0 Å². The zero-order chi connectivity index (χ0) is 13.9. The van der Waals surface area contributed by atoms with E-state index in [1.165, 1.54) is 32.4 Å². The fourth-order valence-corrected chi connectivity index (χ4v) is 2.61. The van der Waals surface area contributed by atoms with Gasteiger partial charge >= 0.3 is 0 Å². The maximum absolute atomic E-state index is 11.6. The van der Waals surface area contributed by atoms with E-state index >= 15 is 0 Å². The lowest BCUT2D eigenvalue weighted by Crippen LogP contribution is -2.30. The van der Waals surface area contributed by atoms with Crippen LogP contribution in [0.25, 0.3) is 0 Å². The molecular formula is C16H29NO2. The molecule has 1 saturated heterocycles. The second-order valence-electron chi connectivity index (χ2n) is 5.72. The van der Waals surface area contributed by atoms with Gasteiger partial charge in [0.25, 0.3) is 0 Å². The number of piperidine rings is 1. The van der Waals surface area contributed by atoms with Crippen molar-refractivity contribution in [2.75, 3.05) is 19.6 Å². The van der Waals surface area contributed by atoms with Crippen molar-refractivity contribution in [3.8, 4) is 0 Å². The molecule has 1 rings (SSSR count). The van der Waals surface area contributed by atoms with Crippen molar-refractivity contribution in [1.82, 2.24) is 4.90 Å². The van der Waals surface area contributed by atoms with Crippen LogP contribution < -0.4 is 0 Å². The Morgan fingerprint density at radius 3 is 2.16 bits per heavy atom. The summed E-state index contributed by atoms with van der Waals surface area (Å²) < 4.78 is 0. The van der Waals surface area contributed by atoms with Gasteiger partial charge in [-0.1, -0.05) is 19.8 Å². The number of hydrogen-bond donors (Lipinski definition) is 0. The maximum atomic E-state index is 11.6. The molecule has 0 atom stereocenters. The molecule has 0 radical (unpaired) electrons. The maximum Gasteiger partial charge on any atom is 0.140 e. The number of hydrogen-bond acceptors (Lipinski definition) is 3. The van der Waals surface area contributed by atoms with Crippen LogP contribution in [0, 0.1) is 0 Å². The third kappa shape index (κ3) is 8.14. The molecule has 110 valence electrons. The van der Waals surface area contributed by atoms with E-state index in [0.717, 1.165) is 32.2 Å². The summed E-state index contributed by atoms with van der Waals surface area (Å²) in [5.41, 5.74) is 0. The Morgan fingerprint density at radius 2 is 1.53 bits per heavy atom. The third-order valence-corrected chi connectivity index (χ3v) is 3.83. The van der Waals surface area contributed by atoms with Crippen LogP contribution in [0.4, 0.5) is 0 Å². The van der Waals surface area contributed by atoms with Gasteiger partial charge in [0.15, 0.2) is 0 Å². The van der Waals surface area contributed by atoms with E-state index in [1.807, 2.05) is 0 Å². The van der Waals surface area contributed by atoms with Crippen LogP contribution in [0.1, 0.15) is 71.1 Å². The van der Waals surface area contributed by atoms with Gasteiger partial charge in [-0.05, 0) is 51.7 Å². The summed E-state index contributed by atoms with van der Waals surface area (Å²) in [5.74, 6) is 0.266. The highest BCUT2D eigenvalue weighted by Gasteiger charge is 2.11. The molecule has 0 bridgehead atoms. The average molecular weight is 267 g/mol. The molecular weight excluding hydrogens is 238 g/mol. The summed E-state index contributed by atoms with van der Waals surface area (Å²) in [6.45, 7) is 5.64. The van der Waals surface area contributed by atoms with Gasteiger partial charge < -0.3 is 4.90 Å². The minimum atomic E-state index is 0.128. The highest BCUT2D eigenvalue weighted by atomic mass is 16.1. The second kappa shape index (κ2) is 10.1. The largest absolute Gasteiger partial charge is 0.303 e. The lowest BCUT2D eigenvalue weighted by molar-refractivity contribution is -0.127. The molecule has 3 heteroatoms. The molecule has 0 spiro atoms. The zero-order valence-corrected chi connectivity index (χ0v) is 12.5. The Kier molecular flexibility index (Phi) is 8.72. The Hall–Kier alpha value is -0.700. The van der Waals surface area contributed by atoms with Crippen molar-refractivity contribution < 1.29 is 9.59 Å². The highest BCUT2D eigenvalue weighted by molar-refractivity contribution is 5.98. The van der Waals surface area contributed by atoms with Crippen molar-refractivity contribution in [2.24, 2.45) is 0 Å².